The van der Waals surface area contributed by atoms with Gasteiger partial charge in [0.05, 0.1) is 6.61 Å². The summed E-state index contributed by atoms with van der Waals surface area (Å²) in [5.41, 5.74) is 0. The fourth-order valence-electron chi connectivity index (χ4n) is 8.94. The Morgan fingerprint density at radius 3 is 1.18 bits per heavy atom. The first-order valence-electron chi connectivity index (χ1n) is 32.8. The molecule has 12 heteroatoms. The Morgan fingerprint density at radius 2 is 0.765 bits per heavy atom. The number of carbonyl (C=O) groups is 4. The maximum atomic E-state index is 13.2. The topological polar surface area (TPSA) is 175 Å². The number of rotatable bonds is 54. The molecule has 0 aromatic carbocycles. The summed E-state index contributed by atoms with van der Waals surface area (Å²) in [6.45, 7) is 5.67. The summed E-state index contributed by atoms with van der Waals surface area (Å²) in [7, 11) is 0. The molecule has 6 unspecified atom stereocenters. The van der Waals surface area contributed by atoms with Crippen LogP contribution in [0, 0.1) is 0 Å². The summed E-state index contributed by atoms with van der Waals surface area (Å²) in [5, 5.41) is 31.6. The van der Waals surface area contributed by atoms with Crippen molar-refractivity contribution in [1.82, 2.24) is 0 Å². The first kappa shape index (κ1) is 77.6. The van der Waals surface area contributed by atoms with Crippen LogP contribution in [0.3, 0.4) is 0 Å². The Balaban J connectivity index is 2.73. The summed E-state index contributed by atoms with van der Waals surface area (Å²) in [5.74, 6) is -3.28. The minimum Gasteiger partial charge on any atom is -0.479 e. The number of aliphatic hydroxyl groups excluding tert-OH is 2. The number of aliphatic hydroxyl groups is 2. The maximum absolute atomic E-state index is 13.2. The van der Waals surface area contributed by atoms with Gasteiger partial charge in [0, 0.05) is 19.3 Å². The van der Waals surface area contributed by atoms with Gasteiger partial charge in [-0.05, 0) is 128 Å². The number of carboxylic acid groups (broad SMARTS) is 1. The fraction of sp³-hybridized carbons (Fsp3) is 0.616. The zero-order valence-corrected chi connectivity index (χ0v) is 52.8. The van der Waals surface area contributed by atoms with Gasteiger partial charge in [0.25, 0.3) is 0 Å². The number of hydrogen-bond donors (Lipinski definition) is 3. The number of esters is 3. The van der Waals surface area contributed by atoms with Crippen molar-refractivity contribution < 1.29 is 58.2 Å². The average molecular weight is 1180 g/mol. The lowest BCUT2D eigenvalue weighted by molar-refractivity contribution is -0.301. The molecule has 0 aromatic heterocycles. The number of allylic oxidation sites excluding steroid dienone is 24. The molecule has 0 bridgehead atoms. The number of carbonyl (C=O) groups excluding carboxylic acids is 3. The van der Waals surface area contributed by atoms with Crippen LogP contribution in [-0.4, -0.2) is 89.2 Å². The van der Waals surface area contributed by atoms with Crippen LogP contribution < -0.4 is 0 Å². The van der Waals surface area contributed by atoms with Crippen molar-refractivity contribution in [1.29, 1.82) is 0 Å². The zero-order valence-electron chi connectivity index (χ0n) is 52.8. The number of carboxylic acids is 1. The van der Waals surface area contributed by atoms with E-state index in [-0.39, 0.29) is 25.9 Å². The van der Waals surface area contributed by atoms with Crippen molar-refractivity contribution in [2.24, 2.45) is 0 Å². The largest absolute Gasteiger partial charge is 0.479 e. The van der Waals surface area contributed by atoms with E-state index in [0.717, 1.165) is 161 Å². The monoisotopic (exact) mass is 1180 g/mol. The van der Waals surface area contributed by atoms with Gasteiger partial charge in [-0.3, -0.25) is 14.4 Å². The average Bonchev–Trinajstić information content (AvgIpc) is 3.51. The van der Waals surface area contributed by atoms with Crippen LogP contribution in [0.5, 0.6) is 0 Å². The highest BCUT2D eigenvalue weighted by Gasteiger charge is 2.50. The SMILES string of the molecule is CC/C=C\C/C=C\C/C=C\C/C=C\C/C=C\C/C=C\CCC(=O)OCC(COC1OC(C(=O)O)C(O)C(O)C1OC(=O)CCCCCCCC/C=C\C/C=C\C/C=C\CCCCC)OC(=O)CCCCCCCCC/C=C\C/C=C\C/C=C\CC. The fourth-order valence-corrected chi connectivity index (χ4v) is 8.94. The predicted molar refractivity (Wildman–Crippen MR) is 349 cm³/mol. The van der Waals surface area contributed by atoms with Gasteiger partial charge < -0.3 is 39.0 Å². The lowest BCUT2D eigenvalue weighted by Crippen LogP contribution is -2.61. The zero-order chi connectivity index (χ0) is 61.7. The quantitative estimate of drug-likeness (QED) is 0.0228. The van der Waals surface area contributed by atoms with Crippen LogP contribution in [0.25, 0.3) is 0 Å². The van der Waals surface area contributed by atoms with E-state index in [1.54, 1.807) is 0 Å². The molecule has 0 spiro atoms. The first-order chi connectivity index (χ1) is 41.6. The highest BCUT2D eigenvalue weighted by Crippen LogP contribution is 2.26. The van der Waals surface area contributed by atoms with E-state index in [1.165, 1.54) is 19.3 Å². The second-order valence-corrected chi connectivity index (χ2v) is 21.6. The summed E-state index contributed by atoms with van der Waals surface area (Å²) in [6.07, 6.45) is 72.4. The second-order valence-electron chi connectivity index (χ2n) is 21.6. The number of hydrogen-bond acceptors (Lipinski definition) is 11. The molecule has 6 atom stereocenters. The van der Waals surface area contributed by atoms with Crippen molar-refractivity contribution in [3.63, 3.8) is 0 Å². The van der Waals surface area contributed by atoms with E-state index in [0.29, 0.717) is 19.3 Å². The van der Waals surface area contributed by atoms with E-state index in [9.17, 15) is 34.5 Å². The molecule has 0 aromatic rings. The second kappa shape index (κ2) is 59.0. The molecular formula is C73H114O12. The molecule has 0 radical (unpaired) electrons. The Kier molecular flexibility index (Phi) is 53.8. The smallest absolute Gasteiger partial charge is 0.335 e. The third kappa shape index (κ3) is 48.4. The molecule has 0 saturated carbocycles. The minimum absolute atomic E-state index is 0.0296. The van der Waals surface area contributed by atoms with Gasteiger partial charge in [-0.1, -0.05) is 237 Å². The molecule has 1 rings (SSSR count). The molecule has 85 heavy (non-hydrogen) atoms. The van der Waals surface area contributed by atoms with Gasteiger partial charge in [0.2, 0.25) is 0 Å². The van der Waals surface area contributed by atoms with E-state index >= 15 is 0 Å². The van der Waals surface area contributed by atoms with Crippen molar-refractivity contribution in [2.45, 2.75) is 276 Å². The molecule has 1 heterocycles. The Morgan fingerprint density at radius 1 is 0.400 bits per heavy atom. The van der Waals surface area contributed by atoms with E-state index in [1.807, 2.05) is 12.2 Å². The van der Waals surface area contributed by atoms with Gasteiger partial charge >= 0.3 is 23.9 Å². The number of ether oxygens (including phenoxy) is 5. The highest BCUT2D eigenvalue weighted by atomic mass is 16.7. The number of unbranched alkanes of at least 4 members (excludes halogenated alkanes) is 16. The van der Waals surface area contributed by atoms with Gasteiger partial charge in [0.1, 0.15) is 18.8 Å². The Labute approximate surface area is 514 Å². The molecular weight excluding hydrogens is 1070 g/mol. The van der Waals surface area contributed by atoms with Crippen LogP contribution in [0.1, 0.15) is 239 Å². The molecule has 1 aliphatic heterocycles. The van der Waals surface area contributed by atoms with Crippen LogP contribution >= 0.6 is 0 Å². The predicted octanol–water partition coefficient (Wildman–Crippen LogP) is 17.9. The lowest BCUT2D eigenvalue weighted by Gasteiger charge is -2.40. The highest BCUT2D eigenvalue weighted by molar-refractivity contribution is 5.74. The third-order valence-electron chi connectivity index (χ3n) is 13.9. The molecule has 12 nitrogen and oxygen atoms in total. The van der Waals surface area contributed by atoms with Crippen molar-refractivity contribution >= 4 is 23.9 Å². The molecule has 0 aliphatic carbocycles. The molecule has 3 N–H and O–H groups in total. The third-order valence-corrected chi connectivity index (χ3v) is 13.9. The molecule has 478 valence electrons. The van der Waals surface area contributed by atoms with E-state index in [2.05, 4.69) is 154 Å². The standard InChI is InChI=1S/C73H114O12/c1-4-7-10-13-16-19-22-25-28-31-33-36-38-41-44-47-50-53-56-59-65(74)81-62-64(83-66(75)60-57-54-51-48-45-42-39-35-30-27-24-21-18-15-12-9-6-3)63-82-73-71(69(78)68(77)70(85-73)72(79)80)84-67(76)61-58-55-52-49-46-43-40-37-34-32-29-26-23-20-17-14-11-8-5-2/h7,9-10,12,16-21,25-30,33-34,36-37,41,44,50,53,64,68-71,73,77-78H,4-6,8,11,13-15,22-24,31-32,35,38-40,42-43,45-49,51-52,54-63H2,1-3H3,(H,79,80)/b10-7-,12-9-,19-16-,20-17-,21-18-,28-25-,29-26-,30-27-,36-33-,37-34-,44-41-,53-50-. The minimum atomic E-state index is -1.93. The lowest BCUT2D eigenvalue weighted by atomic mass is 9.98. The summed E-state index contributed by atoms with van der Waals surface area (Å²) in [6, 6.07) is 0. The summed E-state index contributed by atoms with van der Waals surface area (Å²) < 4.78 is 28.4. The van der Waals surface area contributed by atoms with Crippen molar-refractivity contribution in [3.05, 3.63) is 146 Å². The van der Waals surface area contributed by atoms with Gasteiger partial charge in [-0.15, -0.1) is 0 Å². The first-order valence-corrected chi connectivity index (χ1v) is 32.8. The molecule has 1 saturated heterocycles. The van der Waals surface area contributed by atoms with Crippen molar-refractivity contribution in [3.8, 4) is 0 Å². The van der Waals surface area contributed by atoms with E-state index in [4.69, 9.17) is 23.7 Å². The number of aliphatic carboxylic acids is 1. The summed E-state index contributed by atoms with van der Waals surface area (Å²) >= 11 is 0. The molecule has 1 aliphatic rings. The van der Waals surface area contributed by atoms with E-state index < -0.39 is 67.3 Å². The Hall–Kier alpha value is -5.40. The normalized spacial score (nSPS) is 18.4. The molecule has 1 fully saturated rings. The summed E-state index contributed by atoms with van der Waals surface area (Å²) in [4.78, 5) is 51.4. The van der Waals surface area contributed by atoms with Gasteiger partial charge in [0.15, 0.2) is 24.6 Å². The van der Waals surface area contributed by atoms with Gasteiger partial charge in [-0.2, -0.15) is 0 Å². The maximum Gasteiger partial charge on any atom is 0.335 e. The molecule has 0 amide bonds. The van der Waals surface area contributed by atoms with Crippen LogP contribution in [0.4, 0.5) is 0 Å². The van der Waals surface area contributed by atoms with Crippen LogP contribution in [0.2, 0.25) is 0 Å². The Bertz CT molecular complexity index is 2030. The van der Waals surface area contributed by atoms with Gasteiger partial charge in [-0.25, -0.2) is 4.79 Å². The van der Waals surface area contributed by atoms with Crippen LogP contribution in [0.15, 0.2) is 146 Å². The van der Waals surface area contributed by atoms with Crippen LogP contribution in [-0.2, 0) is 42.9 Å². The van der Waals surface area contributed by atoms with Crippen molar-refractivity contribution in [2.75, 3.05) is 13.2 Å².